The molecule has 0 saturated carbocycles. The van der Waals surface area contributed by atoms with Gasteiger partial charge in [-0.05, 0) is 30.5 Å². The first-order chi connectivity index (χ1) is 8.33. The molecule has 3 nitrogen and oxygen atoms in total. The highest BCUT2D eigenvalue weighted by Crippen LogP contribution is 2.28. The zero-order chi connectivity index (χ0) is 12.1. The predicted molar refractivity (Wildman–Crippen MR) is 68.8 cm³/mol. The molecular formula is C14H19NO2. The van der Waals surface area contributed by atoms with Crippen molar-refractivity contribution in [3.63, 3.8) is 0 Å². The Labute approximate surface area is 102 Å². The highest BCUT2D eigenvalue weighted by atomic mass is 16.5. The van der Waals surface area contributed by atoms with E-state index < -0.39 is 0 Å². The lowest BCUT2D eigenvalue weighted by atomic mass is 10.0. The van der Waals surface area contributed by atoms with Crippen molar-refractivity contribution in [2.75, 3.05) is 27.3 Å². The highest BCUT2D eigenvalue weighted by molar-refractivity contribution is 5.43. The Balaban J connectivity index is 2.00. The normalized spacial score (nSPS) is 14.6. The maximum absolute atomic E-state index is 5.30. The number of rotatable bonds is 5. The second-order valence-electron chi connectivity index (χ2n) is 4.18. The van der Waals surface area contributed by atoms with Crippen LogP contribution < -0.4 is 14.8 Å². The predicted octanol–water partition coefficient (Wildman–Crippen LogP) is 2.17. The average molecular weight is 233 g/mol. The van der Waals surface area contributed by atoms with Gasteiger partial charge in [-0.2, -0.15) is 0 Å². The zero-order valence-electron chi connectivity index (χ0n) is 10.5. The van der Waals surface area contributed by atoms with Crippen LogP contribution in [-0.2, 0) is 6.42 Å². The standard InChI is InChI=1S/C14H19NO2/c1-16-13-6-5-11(9-14(13)17-2)3-4-12-7-8-15-10-12/h5-7,9,15H,3-4,8,10H2,1-2H3. The Hall–Kier alpha value is -1.48. The van der Waals surface area contributed by atoms with Crippen molar-refractivity contribution in [2.45, 2.75) is 12.8 Å². The Bertz CT molecular complexity index is 413. The maximum atomic E-state index is 5.30. The number of methoxy groups -OCH3 is 2. The Morgan fingerprint density at radius 1 is 1.12 bits per heavy atom. The molecule has 0 fully saturated rings. The first kappa shape index (κ1) is 12.0. The fourth-order valence-electron chi connectivity index (χ4n) is 2.05. The van der Waals surface area contributed by atoms with Crippen molar-refractivity contribution in [1.82, 2.24) is 5.32 Å². The van der Waals surface area contributed by atoms with Crippen LogP contribution in [0.2, 0.25) is 0 Å². The van der Waals surface area contributed by atoms with E-state index >= 15 is 0 Å². The van der Waals surface area contributed by atoms with Crippen molar-refractivity contribution < 1.29 is 9.47 Å². The van der Waals surface area contributed by atoms with Crippen LogP contribution in [0.1, 0.15) is 12.0 Å². The fourth-order valence-corrected chi connectivity index (χ4v) is 2.05. The molecule has 1 N–H and O–H groups in total. The van der Waals surface area contributed by atoms with Gasteiger partial charge in [-0.3, -0.25) is 0 Å². The monoisotopic (exact) mass is 233 g/mol. The van der Waals surface area contributed by atoms with E-state index in [-0.39, 0.29) is 0 Å². The summed E-state index contributed by atoms with van der Waals surface area (Å²) in [6.07, 6.45) is 4.44. The van der Waals surface area contributed by atoms with Gasteiger partial charge >= 0.3 is 0 Å². The molecule has 2 rings (SSSR count). The van der Waals surface area contributed by atoms with E-state index in [0.717, 1.165) is 37.4 Å². The minimum absolute atomic E-state index is 0.790. The molecule has 0 aliphatic carbocycles. The summed E-state index contributed by atoms with van der Waals surface area (Å²) in [4.78, 5) is 0. The molecule has 0 atom stereocenters. The summed E-state index contributed by atoms with van der Waals surface area (Å²) >= 11 is 0. The molecule has 0 spiro atoms. The topological polar surface area (TPSA) is 30.5 Å². The van der Waals surface area contributed by atoms with E-state index in [4.69, 9.17) is 9.47 Å². The number of aryl methyl sites for hydroxylation is 1. The number of hydrogen-bond donors (Lipinski definition) is 1. The molecule has 17 heavy (non-hydrogen) atoms. The summed E-state index contributed by atoms with van der Waals surface area (Å²) in [7, 11) is 3.33. The molecule has 1 aliphatic heterocycles. The Morgan fingerprint density at radius 2 is 1.94 bits per heavy atom. The molecular weight excluding hydrogens is 214 g/mol. The summed E-state index contributed by atoms with van der Waals surface area (Å²) in [6.45, 7) is 2.05. The Kier molecular flexibility index (Phi) is 4.04. The van der Waals surface area contributed by atoms with Crippen LogP contribution in [0, 0.1) is 0 Å². The van der Waals surface area contributed by atoms with Gasteiger partial charge < -0.3 is 14.8 Å². The van der Waals surface area contributed by atoms with Gasteiger partial charge in [0.25, 0.3) is 0 Å². The number of benzene rings is 1. The third kappa shape index (κ3) is 3.01. The molecule has 1 aromatic carbocycles. The van der Waals surface area contributed by atoms with Crippen LogP contribution in [0.15, 0.2) is 29.8 Å². The second-order valence-corrected chi connectivity index (χ2v) is 4.18. The molecule has 1 aliphatic rings. The van der Waals surface area contributed by atoms with E-state index in [2.05, 4.69) is 23.5 Å². The van der Waals surface area contributed by atoms with Crippen LogP contribution in [0.5, 0.6) is 11.5 Å². The molecule has 0 radical (unpaired) electrons. The van der Waals surface area contributed by atoms with Crippen molar-refractivity contribution in [3.8, 4) is 11.5 Å². The average Bonchev–Trinajstić information content (AvgIpc) is 2.89. The second kappa shape index (κ2) is 5.73. The van der Waals surface area contributed by atoms with Crippen molar-refractivity contribution in [2.24, 2.45) is 0 Å². The highest BCUT2D eigenvalue weighted by Gasteiger charge is 2.07. The maximum Gasteiger partial charge on any atom is 0.160 e. The van der Waals surface area contributed by atoms with Crippen LogP contribution in [0.25, 0.3) is 0 Å². The van der Waals surface area contributed by atoms with E-state index in [0.29, 0.717) is 0 Å². The van der Waals surface area contributed by atoms with Gasteiger partial charge in [0.1, 0.15) is 0 Å². The molecule has 3 heteroatoms. The van der Waals surface area contributed by atoms with Crippen molar-refractivity contribution >= 4 is 0 Å². The molecule has 92 valence electrons. The quantitative estimate of drug-likeness (QED) is 0.791. The third-order valence-electron chi connectivity index (χ3n) is 3.07. The lowest BCUT2D eigenvalue weighted by Gasteiger charge is -2.09. The minimum Gasteiger partial charge on any atom is -0.493 e. The smallest absolute Gasteiger partial charge is 0.160 e. The van der Waals surface area contributed by atoms with Crippen LogP contribution in [-0.4, -0.2) is 27.3 Å². The van der Waals surface area contributed by atoms with Gasteiger partial charge in [0.05, 0.1) is 14.2 Å². The van der Waals surface area contributed by atoms with E-state index in [1.165, 1.54) is 11.1 Å². The largest absolute Gasteiger partial charge is 0.493 e. The van der Waals surface area contributed by atoms with E-state index in [1.807, 2.05) is 6.07 Å². The van der Waals surface area contributed by atoms with Crippen LogP contribution >= 0.6 is 0 Å². The van der Waals surface area contributed by atoms with Crippen LogP contribution in [0.4, 0.5) is 0 Å². The summed E-state index contributed by atoms with van der Waals surface area (Å²) in [6, 6.07) is 6.13. The minimum atomic E-state index is 0.790. The SMILES string of the molecule is COc1ccc(CCC2=CCNC2)cc1OC. The van der Waals surface area contributed by atoms with Crippen molar-refractivity contribution in [3.05, 3.63) is 35.4 Å². The first-order valence-corrected chi connectivity index (χ1v) is 5.93. The number of nitrogens with one attached hydrogen (secondary N) is 1. The summed E-state index contributed by atoms with van der Waals surface area (Å²) in [5.41, 5.74) is 2.79. The fraction of sp³-hybridized carbons (Fsp3) is 0.429. The Morgan fingerprint density at radius 3 is 2.59 bits per heavy atom. The zero-order valence-corrected chi connectivity index (χ0v) is 10.5. The van der Waals surface area contributed by atoms with Crippen LogP contribution in [0.3, 0.4) is 0 Å². The molecule has 0 aromatic heterocycles. The van der Waals surface area contributed by atoms with Gasteiger partial charge in [0.15, 0.2) is 11.5 Å². The number of hydrogen-bond acceptors (Lipinski definition) is 3. The molecule has 0 unspecified atom stereocenters. The van der Waals surface area contributed by atoms with Crippen molar-refractivity contribution in [1.29, 1.82) is 0 Å². The van der Waals surface area contributed by atoms with Gasteiger partial charge in [-0.1, -0.05) is 17.7 Å². The first-order valence-electron chi connectivity index (χ1n) is 5.93. The molecule has 0 bridgehead atoms. The van der Waals surface area contributed by atoms with E-state index in [9.17, 15) is 0 Å². The molecule has 0 amide bonds. The van der Waals surface area contributed by atoms with Gasteiger partial charge in [-0.15, -0.1) is 0 Å². The molecule has 1 aromatic rings. The van der Waals surface area contributed by atoms with Gasteiger partial charge in [0, 0.05) is 13.1 Å². The summed E-state index contributed by atoms with van der Waals surface area (Å²) < 4.78 is 10.5. The van der Waals surface area contributed by atoms with E-state index in [1.54, 1.807) is 14.2 Å². The summed E-state index contributed by atoms with van der Waals surface area (Å²) in [5.74, 6) is 1.60. The number of ether oxygens (including phenoxy) is 2. The lowest BCUT2D eigenvalue weighted by Crippen LogP contribution is -2.08. The molecule has 1 heterocycles. The summed E-state index contributed by atoms with van der Waals surface area (Å²) in [5, 5.41) is 3.31. The third-order valence-corrected chi connectivity index (χ3v) is 3.07. The van der Waals surface area contributed by atoms with Gasteiger partial charge in [0.2, 0.25) is 0 Å². The molecule has 0 saturated heterocycles. The lowest BCUT2D eigenvalue weighted by molar-refractivity contribution is 0.354. The van der Waals surface area contributed by atoms with Gasteiger partial charge in [-0.25, -0.2) is 0 Å².